The number of carbonyl (C=O) groups is 1. The van der Waals surface area contributed by atoms with E-state index in [1.165, 1.54) is 0 Å². The van der Waals surface area contributed by atoms with Crippen molar-refractivity contribution in [1.29, 1.82) is 0 Å². The van der Waals surface area contributed by atoms with Crippen LogP contribution in [0.5, 0.6) is 0 Å². The van der Waals surface area contributed by atoms with Crippen LogP contribution in [0.2, 0.25) is 0 Å². The predicted molar refractivity (Wildman–Crippen MR) is 82.2 cm³/mol. The first-order valence-electron chi connectivity index (χ1n) is 6.04. The Kier molecular flexibility index (Phi) is 10.0. The molecule has 1 saturated carbocycles. The van der Waals surface area contributed by atoms with E-state index in [1.54, 1.807) is 7.11 Å². The number of hydrogen-bond acceptors (Lipinski definition) is 3. The minimum absolute atomic E-state index is 0. The third-order valence-corrected chi connectivity index (χ3v) is 2.40. The number of nitrogens with zero attached hydrogens (tertiary/aromatic N) is 1. The van der Waals surface area contributed by atoms with Crippen molar-refractivity contribution in [2.45, 2.75) is 31.7 Å². The van der Waals surface area contributed by atoms with Gasteiger partial charge in [-0.2, -0.15) is 0 Å². The van der Waals surface area contributed by atoms with Gasteiger partial charge < -0.3 is 21.1 Å². The van der Waals surface area contributed by atoms with E-state index >= 15 is 0 Å². The summed E-state index contributed by atoms with van der Waals surface area (Å²) in [5.41, 5.74) is 5.60. The maximum Gasteiger partial charge on any atom is 0.220 e. The van der Waals surface area contributed by atoms with Crippen LogP contribution in [0.4, 0.5) is 0 Å². The molecule has 6 nitrogen and oxygen atoms in total. The number of methoxy groups -OCH3 is 1. The van der Waals surface area contributed by atoms with E-state index in [9.17, 15) is 4.79 Å². The van der Waals surface area contributed by atoms with E-state index in [1.807, 2.05) is 0 Å². The summed E-state index contributed by atoms with van der Waals surface area (Å²) in [6.45, 7) is 1.82. The highest BCUT2D eigenvalue weighted by Crippen LogP contribution is 2.18. The van der Waals surface area contributed by atoms with Crippen LogP contribution in [0.1, 0.15) is 25.7 Å². The molecular weight excluding hydrogens is 347 g/mol. The lowest BCUT2D eigenvalue weighted by atomic mass is 10.3. The highest BCUT2D eigenvalue weighted by molar-refractivity contribution is 14.0. The zero-order valence-corrected chi connectivity index (χ0v) is 13.1. The maximum absolute atomic E-state index is 11.3. The molecule has 1 aliphatic carbocycles. The molecule has 1 amide bonds. The number of nitrogens with two attached hydrogens (primary N) is 1. The van der Waals surface area contributed by atoms with E-state index in [0.717, 1.165) is 19.3 Å². The monoisotopic (exact) mass is 370 g/mol. The first-order valence-corrected chi connectivity index (χ1v) is 6.04. The van der Waals surface area contributed by atoms with Crippen molar-refractivity contribution in [3.8, 4) is 0 Å². The van der Waals surface area contributed by atoms with Gasteiger partial charge in [0.2, 0.25) is 5.91 Å². The van der Waals surface area contributed by atoms with Crippen LogP contribution in [0.15, 0.2) is 4.99 Å². The van der Waals surface area contributed by atoms with Crippen molar-refractivity contribution < 1.29 is 9.53 Å². The summed E-state index contributed by atoms with van der Waals surface area (Å²) in [6.07, 6.45) is 3.50. The van der Waals surface area contributed by atoms with E-state index in [0.29, 0.717) is 38.1 Å². The number of amides is 1. The van der Waals surface area contributed by atoms with Gasteiger partial charge in [0.1, 0.15) is 0 Å². The fourth-order valence-electron chi connectivity index (χ4n) is 1.30. The van der Waals surface area contributed by atoms with Crippen molar-refractivity contribution >= 4 is 35.8 Å². The van der Waals surface area contributed by atoms with Crippen molar-refractivity contribution in [2.75, 3.05) is 26.8 Å². The molecule has 1 rings (SSSR count). The van der Waals surface area contributed by atoms with Crippen LogP contribution in [0.3, 0.4) is 0 Å². The Hall–Kier alpha value is -0.570. The average molecular weight is 370 g/mol. The molecule has 0 radical (unpaired) electrons. The first-order chi connectivity index (χ1) is 8.22. The van der Waals surface area contributed by atoms with Crippen LogP contribution in [-0.4, -0.2) is 44.7 Å². The molecule has 1 aliphatic rings. The number of aliphatic imine (C=N–C) groups is 1. The van der Waals surface area contributed by atoms with Crippen LogP contribution >= 0.6 is 24.0 Å². The van der Waals surface area contributed by atoms with Crippen LogP contribution in [-0.2, 0) is 9.53 Å². The van der Waals surface area contributed by atoms with Gasteiger partial charge in [-0.3, -0.25) is 9.79 Å². The summed E-state index contributed by atoms with van der Waals surface area (Å²) in [4.78, 5) is 15.4. The molecule has 18 heavy (non-hydrogen) atoms. The maximum atomic E-state index is 11.3. The molecule has 106 valence electrons. The lowest BCUT2D eigenvalue weighted by molar-refractivity contribution is -0.121. The Morgan fingerprint density at radius 3 is 2.83 bits per heavy atom. The Morgan fingerprint density at radius 1 is 1.50 bits per heavy atom. The molecule has 0 atom stereocenters. The van der Waals surface area contributed by atoms with E-state index < -0.39 is 0 Å². The topological polar surface area (TPSA) is 88.7 Å². The standard InChI is InChI=1S/C11H22N4O2.HI/c1-17-8-7-14-11(12)13-6-2-3-10(16)15-9-4-5-9;/h9H,2-8H2,1H3,(H,15,16)(H3,12,13,14);1H. The fraction of sp³-hybridized carbons (Fsp3) is 0.818. The summed E-state index contributed by atoms with van der Waals surface area (Å²) in [5.74, 6) is 0.526. The third-order valence-electron chi connectivity index (χ3n) is 2.40. The molecule has 0 heterocycles. The zero-order valence-electron chi connectivity index (χ0n) is 10.8. The number of nitrogens with one attached hydrogen (secondary N) is 2. The Bertz CT molecular complexity index is 270. The van der Waals surface area contributed by atoms with Crippen LogP contribution < -0.4 is 16.4 Å². The van der Waals surface area contributed by atoms with Crippen molar-refractivity contribution in [1.82, 2.24) is 10.6 Å². The molecule has 0 bridgehead atoms. The second-order valence-corrected chi connectivity index (χ2v) is 4.13. The van der Waals surface area contributed by atoms with Gasteiger partial charge in [0.05, 0.1) is 6.61 Å². The number of halogens is 1. The second kappa shape index (κ2) is 10.4. The largest absolute Gasteiger partial charge is 0.383 e. The number of guanidine groups is 1. The van der Waals surface area contributed by atoms with Gasteiger partial charge in [-0.1, -0.05) is 0 Å². The number of hydrogen-bond donors (Lipinski definition) is 3. The Morgan fingerprint density at radius 2 is 2.22 bits per heavy atom. The Labute approximate surface area is 125 Å². The molecule has 0 spiro atoms. The van der Waals surface area contributed by atoms with Crippen molar-refractivity contribution in [3.05, 3.63) is 0 Å². The van der Waals surface area contributed by atoms with Crippen LogP contribution in [0, 0.1) is 0 Å². The molecule has 7 heteroatoms. The lowest BCUT2D eigenvalue weighted by Gasteiger charge is -2.04. The minimum Gasteiger partial charge on any atom is -0.383 e. The molecule has 0 aromatic rings. The molecule has 0 unspecified atom stereocenters. The van der Waals surface area contributed by atoms with E-state index in [-0.39, 0.29) is 29.9 Å². The van der Waals surface area contributed by atoms with Gasteiger partial charge in [-0.25, -0.2) is 0 Å². The van der Waals surface area contributed by atoms with Crippen molar-refractivity contribution in [2.24, 2.45) is 10.7 Å². The van der Waals surface area contributed by atoms with Gasteiger partial charge in [0.25, 0.3) is 0 Å². The van der Waals surface area contributed by atoms with Gasteiger partial charge in [-0.05, 0) is 19.3 Å². The molecule has 4 N–H and O–H groups in total. The van der Waals surface area contributed by atoms with E-state index in [4.69, 9.17) is 10.5 Å². The number of rotatable bonds is 8. The zero-order chi connectivity index (χ0) is 12.5. The normalized spacial score (nSPS) is 14.8. The summed E-state index contributed by atoms with van der Waals surface area (Å²) in [6, 6.07) is 0.437. The van der Waals surface area contributed by atoms with Crippen molar-refractivity contribution in [3.63, 3.8) is 0 Å². The highest BCUT2D eigenvalue weighted by Gasteiger charge is 2.22. The molecule has 0 aliphatic heterocycles. The molecular formula is C11H23IN4O2. The predicted octanol–water partition coefficient (Wildman–Crippen LogP) is 0.214. The summed E-state index contributed by atoms with van der Waals surface area (Å²) in [7, 11) is 1.63. The van der Waals surface area contributed by atoms with Gasteiger partial charge in [0, 0.05) is 32.7 Å². The summed E-state index contributed by atoms with van der Waals surface area (Å²) >= 11 is 0. The first kappa shape index (κ1) is 17.4. The Balaban J connectivity index is 0.00000289. The second-order valence-electron chi connectivity index (χ2n) is 4.13. The van der Waals surface area contributed by atoms with Crippen LogP contribution in [0.25, 0.3) is 0 Å². The molecule has 0 aromatic carbocycles. The smallest absolute Gasteiger partial charge is 0.220 e. The molecule has 1 fully saturated rings. The minimum atomic E-state index is 0. The number of ether oxygens (including phenoxy) is 1. The average Bonchev–Trinajstić information content (AvgIpc) is 3.09. The number of carbonyl (C=O) groups excluding carboxylic acids is 1. The summed E-state index contributed by atoms with van der Waals surface area (Å²) < 4.78 is 4.87. The third kappa shape index (κ3) is 9.46. The lowest BCUT2D eigenvalue weighted by Crippen LogP contribution is -2.34. The highest BCUT2D eigenvalue weighted by atomic mass is 127. The quantitative estimate of drug-likeness (QED) is 0.247. The molecule has 0 saturated heterocycles. The van der Waals surface area contributed by atoms with Gasteiger partial charge >= 0.3 is 0 Å². The summed E-state index contributed by atoms with van der Waals surface area (Å²) in [5, 5.41) is 5.85. The van der Waals surface area contributed by atoms with E-state index in [2.05, 4.69) is 15.6 Å². The van der Waals surface area contributed by atoms with Gasteiger partial charge in [-0.15, -0.1) is 24.0 Å². The SMILES string of the molecule is COCCNC(N)=NCCCC(=O)NC1CC1.I. The molecule has 0 aromatic heterocycles. The van der Waals surface area contributed by atoms with Gasteiger partial charge in [0.15, 0.2) is 5.96 Å². The fourth-order valence-corrected chi connectivity index (χ4v) is 1.30.